The van der Waals surface area contributed by atoms with Gasteiger partial charge in [0, 0.05) is 17.8 Å². The lowest BCUT2D eigenvalue weighted by molar-refractivity contribution is 0.379. The first-order valence-electron chi connectivity index (χ1n) is 8.27. The molecule has 12 nitrogen and oxygen atoms in total. The summed E-state index contributed by atoms with van der Waals surface area (Å²) in [5.41, 5.74) is 0. The molecule has 12 heteroatoms. The van der Waals surface area contributed by atoms with Crippen molar-refractivity contribution in [2.75, 3.05) is 0 Å². The molecule has 3 aromatic rings. The zero-order chi connectivity index (χ0) is 20.6. The van der Waals surface area contributed by atoms with Crippen molar-refractivity contribution in [2.24, 2.45) is 0 Å². The van der Waals surface area contributed by atoms with Gasteiger partial charge in [0.05, 0.1) is 0 Å². The maximum absolute atomic E-state index is 10.3. The molecule has 0 atom stereocenters. The van der Waals surface area contributed by atoms with Gasteiger partial charge in [-0.25, -0.2) is 14.4 Å². The van der Waals surface area contributed by atoms with E-state index in [4.69, 9.17) is 0 Å². The Morgan fingerprint density at radius 3 is 0.800 bits per heavy atom. The van der Waals surface area contributed by atoms with E-state index in [0.717, 1.165) is 0 Å². The van der Waals surface area contributed by atoms with Crippen molar-refractivity contribution in [1.82, 2.24) is 30.4 Å². The van der Waals surface area contributed by atoms with Crippen LogP contribution in [0.4, 0.5) is 0 Å². The lowest BCUT2D eigenvalue weighted by atomic mass is 10.2. The van der Waals surface area contributed by atoms with Gasteiger partial charge in [0.15, 0.2) is 17.5 Å². The number of aromatic amines is 3. The van der Waals surface area contributed by atoms with Crippen LogP contribution >= 0.6 is 0 Å². The summed E-state index contributed by atoms with van der Waals surface area (Å²) in [5.74, 6) is 0.987. The first-order valence-corrected chi connectivity index (χ1v) is 8.27. The lowest BCUT2D eigenvalue weighted by Gasteiger charge is -1.91. The van der Waals surface area contributed by atoms with E-state index in [1.54, 1.807) is 0 Å². The molecule has 3 N–H and O–H groups in total. The Kier molecular flexibility index (Phi) is 15.5. The number of hydrogen-bond donors (Lipinski definition) is 3. The Morgan fingerprint density at radius 1 is 0.533 bits per heavy atom. The first-order chi connectivity index (χ1) is 12.6. The summed E-state index contributed by atoms with van der Waals surface area (Å²) in [5, 5.41) is 10.4. The second-order valence-corrected chi connectivity index (χ2v) is 6.40. The Bertz CT molecular complexity index is 832. The van der Waals surface area contributed by atoms with Crippen molar-refractivity contribution in [2.45, 2.75) is 81.6 Å². The van der Waals surface area contributed by atoms with E-state index in [0.29, 0.717) is 17.5 Å². The Labute approximate surface area is 175 Å². The van der Waals surface area contributed by atoms with E-state index in [1.165, 1.54) is 0 Å². The average Bonchev–Trinajstić information content (AvgIpc) is 3.30. The molecule has 0 aliphatic rings. The van der Waals surface area contributed by atoms with E-state index in [9.17, 15) is 14.4 Å². The molecular formula is C18H36N6O6. The molecule has 0 saturated carbocycles. The van der Waals surface area contributed by atoms with Crippen molar-refractivity contribution < 1.29 is 13.6 Å². The van der Waals surface area contributed by atoms with Crippen molar-refractivity contribution in [3.05, 3.63) is 49.1 Å². The van der Waals surface area contributed by atoms with Crippen LogP contribution in [0.2, 0.25) is 0 Å². The van der Waals surface area contributed by atoms with Crippen LogP contribution in [-0.4, -0.2) is 30.4 Å². The van der Waals surface area contributed by atoms with E-state index in [1.807, 2.05) is 41.5 Å². The van der Waals surface area contributed by atoms with Gasteiger partial charge < -0.3 is 0 Å². The Morgan fingerprint density at radius 2 is 0.733 bits per heavy atom. The van der Waals surface area contributed by atoms with Gasteiger partial charge in [-0.15, -0.1) is 0 Å². The van der Waals surface area contributed by atoms with Crippen LogP contribution in [0.1, 0.15) is 99.0 Å². The highest BCUT2D eigenvalue weighted by atomic mass is 16.5. The van der Waals surface area contributed by atoms with Gasteiger partial charge in [-0.2, -0.15) is 0 Å². The molecule has 0 bridgehead atoms. The maximum atomic E-state index is 10.3. The molecule has 3 rings (SSSR count). The van der Waals surface area contributed by atoms with Crippen molar-refractivity contribution in [1.29, 1.82) is 0 Å². The van der Waals surface area contributed by atoms with Crippen LogP contribution in [0, 0.1) is 0 Å². The molecule has 30 heavy (non-hydrogen) atoms. The molecular weight excluding hydrogens is 396 g/mol. The minimum atomic E-state index is -0.487. The van der Waals surface area contributed by atoms with Gasteiger partial charge in [-0.1, -0.05) is 79.3 Å². The third kappa shape index (κ3) is 11.0. The summed E-state index contributed by atoms with van der Waals surface area (Å²) >= 11 is 0. The van der Waals surface area contributed by atoms with Gasteiger partial charge in [0.1, 0.15) is 0 Å². The standard InChI is InChI=1S/3C5H8N2O2.3CH4/c3*1-3(2)4-6-5(8)9-7-4;;;/h3*3H,1-2H3,(H,6,7,8);3*1H4. The normalized spacial score (nSPS) is 9.50. The highest BCUT2D eigenvalue weighted by Crippen LogP contribution is 2.05. The van der Waals surface area contributed by atoms with E-state index in [-0.39, 0.29) is 40.0 Å². The Hall–Kier alpha value is -3.18. The molecule has 0 unspecified atom stereocenters. The predicted octanol–water partition coefficient (Wildman–Crippen LogP) is 3.37. The second kappa shape index (κ2) is 14.8. The van der Waals surface area contributed by atoms with Crippen molar-refractivity contribution in [3.8, 4) is 0 Å². The summed E-state index contributed by atoms with van der Waals surface area (Å²) in [6.45, 7) is 11.5. The maximum Gasteiger partial charge on any atom is 0.438 e. The SMILES string of the molecule is C.C.C.CC(C)c1noc(=O)[nH]1.CC(C)c1noc(=O)[nH]1.CC(C)c1noc(=O)[nH]1. The smallest absolute Gasteiger partial charge is 0.296 e. The third-order valence-corrected chi connectivity index (χ3v) is 3.01. The topological polar surface area (TPSA) is 177 Å². The van der Waals surface area contributed by atoms with Crippen molar-refractivity contribution in [3.63, 3.8) is 0 Å². The Balaban J connectivity index is -0.000000347. The highest BCUT2D eigenvalue weighted by molar-refractivity contribution is 4.86. The molecule has 0 radical (unpaired) electrons. The molecule has 0 aromatic carbocycles. The predicted molar refractivity (Wildman–Crippen MR) is 114 cm³/mol. The average molecular weight is 433 g/mol. The van der Waals surface area contributed by atoms with Crippen LogP contribution < -0.4 is 17.3 Å². The molecule has 0 spiro atoms. The monoisotopic (exact) mass is 432 g/mol. The van der Waals surface area contributed by atoms with Crippen LogP contribution in [0.25, 0.3) is 0 Å². The second-order valence-electron chi connectivity index (χ2n) is 6.40. The minimum absolute atomic E-state index is 0. The third-order valence-electron chi connectivity index (χ3n) is 3.01. The number of H-pyrrole nitrogens is 3. The molecule has 0 saturated heterocycles. The van der Waals surface area contributed by atoms with Crippen LogP contribution in [0.3, 0.4) is 0 Å². The number of aromatic nitrogens is 6. The molecule has 0 aliphatic heterocycles. The fraction of sp³-hybridized carbons (Fsp3) is 0.667. The molecule has 0 amide bonds. The van der Waals surface area contributed by atoms with Gasteiger partial charge in [0.25, 0.3) is 0 Å². The van der Waals surface area contributed by atoms with Gasteiger partial charge in [-0.3, -0.25) is 28.5 Å². The molecule has 3 aromatic heterocycles. The molecule has 0 aliphatic carbocycles. The van der Waals surface area contributed by atoms with E-state index >= 15 is 0 Å². The van der Waals surface area contributed by atoms with Gasteiger partial charge in [-0.05, 0) is 0 Å². The van der Waals surface area contributed by atoms with E-state index < -0.39 is 17.3 Å². The molecule has 174 valence electrons. The number of nitrogens with one attached hydrogen (secondary N) is 3. The molecule has 3 heterocycles. The lowest BCUT2D eigenvalue weighted by Crippen LogP contribution is -1.97. The van der Waals surface area contributed by atoms with E-state index in [2.05, 4.69) is 44.0 Å². The molecule has 0 fully saturated rings. The summed E-state index contributed by atoms with van der Waals surface area (Å²) in [7, 11) is 0. The minimum Gasteiger partial charge on any atom is -0.296 e. The van der Waals surface area contributed by atoms with Crippen LogP contribution in [0.15, 0.2) is 28.0 Å². The quantitative estimate of drug-likeness (QED) is 0.559. The summed E-state index contributed by atoms with van der Waals surface area (Å²) in [6.07, 6.45) is 0. The van der Waals surface area contributed by atoms with Crippen molar-refractivity contribution >= 4 is 0 Å². The zero-order valence-corrected chi connectivity index (χ0v) is 16.0. The summed E-state index contributed by atoms with van der Waals surface area (Å²) in [6, 6.07) is 0. The number of nitrogens with zero attached hydrogens (tertiary/aromatic N) is 3. The summed E-state index contributed by atoms with van der Waals surface area (Å²) < 4.78 is 12.8. The first kappa shape index (κ1) is 31.5. The summed E-state index contributed by atoms with van der Waals surface area (Å²) in [4.78, 5) is 38.3. The largest absolute Gasteiger partial charge is 0.438 e. The van der Waals surface area contributed by atoms with Gasteiger partial charge in [0.2, 0.25) is 0 Å². The highest BCUT2D eigenvalue weighted by Gasteiger charge is 2.04. The fourth-order valence-corrected chi connectivity index (χ4v) is 1.47. The number of rotatable bonds is 3. The van der Waals surface area contributed by atoms with Crippen LogP contribution in [0.5, 0.6) is 0 Å². The number of hydrogen-bond acceptors (Lipinski definition) is 9. The van der Waals surface area contributed by atoms with Crippen LogP contribution in [-0.2, 0) is 0 Å². The fourth-order valence-electron chi connectivity index (χ4n) is 1.47. The zero-order valence-electron chi connectivity index (χ0n) is 16.0. The van der Waals surface area contributed by atoms with Gasteiger partial charge >= 0.3 is 17.3 Å².